The molecule has 1 heterocycles. The van der Waals surface area contributed by atoms with Crippen LogP contribution in [0, 0.1) is 17.8 Å². The van der Waals surface area contributed by atoms with Crippen molar-refractivity contribution in [2.45, 2.75) is 25.7 Å². The van der Waals surface area contributed by atoms with E-state index in [0.29, 0.717) is 16.6 Å². The van der Waals surface area contributed by atoms with E-state index in [1.54, 1.807) is 17.0 Å². The number of nitrogens with zero attached hydrogens (tertiary/aromatic N) is 2. The van der Waals surface area contributed by atoms with Crippen molar-refractivity contribution in [1.82, 2.24) is 9.88 Å². The second kappa shape index (κ2) is 5.53. The number of halogens is 2. The van der Waals surface area contributed by atoms with Crippen LogP contribution < -0.4 is 0 Å². The van der Waals surface area contributed by atoms with Crippen LogP contribution in [0.25, 0.3) is 0 Å². The van der Waals surface area contributed by atoms with Crippen molar-refractivity contribution in [2.75, 3.05) is 13.6 Å². The molecule has 5 heteroatoms. The van der Waals surface area contributed by atoms with Crippen LogP contribution >= 0.6 is 23.2 Å². The second-order valence-corrected chi connectivity index (χ2v) is 6.84. The molecule has 2 aliphatic carbocycles. The third kappa shape index (κ3) is 2.66. The second-order valence-electron chi connectivity index (χ2n) is 6.09. The van der Waals surface area contributed by atoms with Crippen molar-refractivity contribution in [3.63, 3.8) is 0 Å². The van der Waals surface area contributed by atoms with Crippen molar-refractivity contribution in [1.29, 1.82) is 0 Å². The summed E-state index contributed by atoms with van der Waals surface area (Å²) in [7, 11) is 1.85. The van der Waals surface area contributed by atoms with Gasteiger partial charge >= 0.3 is 0 Å². The van der Waals surface area contributed by atoms with Gasteiger partial charge in [-0.1, -0.05) is 29.6 Å². The van der Waals surface area contributed by atoms with Gasteiger partial charge in [-0.05, 0) is 49.1 Å². The molecular weight excluding hydrogens is 295 g/mol. The van der Waals surface area contributed by atoms with Crippen LogP contribution in [0.1, 0.15) is 36.0 Å². The van der Waals surface area contributed by atoms with Gasteiger partial charge in [-0.2, -0.15) is 0 Å². The van der Waals surface area contributed by atoms with Gasteiger partial charge in [-0.15, -0.1) is 0 Å². The molecule has 2 aliphatic rings. The molecular formula is C15H18Cl2N2O. The molecule has 3 unspecified atom stereocenters. The minimum atomic E-state index is -0.0676. The maximum Gasteiger partial charge on any atom is 0.256 e. The van der Waals surface area contributed by atoms with E-state index < -0.39 is 0 Å². The van der Waals surface area contributed by atoms with Gasteiger partial charge in [0.15, 0.2) is 0 Å². The molecule has 1 amide bonds. The van der Waals surface area contributed by atoms with Gasteiger partial charge in [-0.25, -0.2) is 4.98 Å². The number of aromatic nitrogens is 1. The summed E-state index contributed by atoms with van der Waals surface area (Å²) in [5.74, 6) is 2.30. The average Bonchev–Trinajstić information content (AvgIpc) is 3.00. The highest BCUT2D eigenvalue weighted by Crippen LogP contribution is 2.48. The van der Waals surface area contributed by atoms with Crippen LogP contribution in [-0.2, 0) is 0 Å². The Hall–Kier alpha value is -0.800. The molecule has 1 aromatic heterocycles. The summed E-state index contributed by atoms with van der Waals surface area (Å²) >= 11 is 11.8. The Morgan fingerprint density at radius 2 is 2.15 bits per heavy atom. The summed E-state index contributed by atoms with van der Waals surface area (Å²) in [6, 6.07) is 3.25. The van der Waals surface area contributed by atoms with Gasteiger partial charge in [-0.3, -0.25) is 4.79 Å². The Morgan fingerprint density at radius 3 is 2.75 bits per heavy atom. The molecule has 0 saturated heterocycles. The fourth-order valence-electron chi connectivity index (χ4n) is 3.81. The van der Waals surface area contributed by atoms with Crippen LogP contribution in [-0.4, -0.2) is 29.4 Å². The number of carbonyl (C=O) groups excluding carboxylic acids is 1. The van der Waals surface area contributed by atoms with E-state index in [2.05, 4.69) is 4.98 Å². The molecule has 0 spiro atoms. The highest BCUT2D eigenvalue weighted by atomic mass is 35.5. The predicted molar refractivity (Wildman–Crippen MR) is 80.2 cm³/mol. The third-order valence-electron chi connectivity index (χ3n) is 4.78. The Morgan fingerprint density at radius 1 is 1.35 bits per heavy atom. The highest BCUT2D eigenvalue weighted by molar-refractivity contribution is 6.34. The maximum atomic E-state index is 12.4. The zero-order valence-electron chi connectivity index (χ0n) is 11.5. The van der Waals surface area contributed by atoms with Crippen molar-refractivity contribution in [2.24, 2.45) is 17.8 Å². The average molecular weight is 313 g/mol. The number of rotatable bonds is 3. The zero-order chi connectivity index (χ0) is 14.3. The molecule has 2 saturated carbocycles. The van der Waals surface area contributed by atoms with E-state index in [9.17, 15) is 4.79 Å². The first-order valence-electron chi connectivity index (χ1n) is 7.12. The number of amides is 1. The zero-order valence-corrected chi connectivity index (χ0v) is 13.0. The first-order valence-corrected chi connectivity index (χ1v) is 7.87. The first-order chi connectivity index (χ1) is 9.54. The molecule has 0 aromatic carbocycles. The van der Waals surface area contributed by atoms with Gasteiger partial charge in [0.2, 0.25) is 0 Å². The molecule has 0 radical (unpaired) electrons. The minimum Gasteiger partial charge on any atom is -0.341 e. The quantitative estimate of drug-likeness (QED) is 0.793. The lowest BCUT2D eigenvalue weighted by atomic mass is 9.88. The molecule has 0 aliphatic heterocycles. The van der Waals surface area contributed by atoms with Gasteiger partial charge in [0.25, 0.3) is 5.91 Å². The first kappa shape index (κ1) is 14.2. The van der Waals surface area contributed by atoms with Gasteiger partial charge in [0, 0.05) is 13.6 Å². The standard InChI is InChI=1S/C15H18Cl2N2O/c1-19(8-11-7-9-2-3-10(11)6-9)15(20)12-4-5-13(16)18-14(12)17/h4-5,9-11H,2-3,6-8H2,1H3. The Labute approximate surface area is 129 Å². The van der Waals surface area contributed by atoms with Gasteiger partial charge in [0.05, 0.1) is 5.56 Å². The van der Waals surface area contributed by atoms with Crippen molar-refractivity contribution in [3.8, 4) is 0 Å². The van der Waals surface area contributed by atoms with Crippen molar-refractivity contribution in [3.05, 3.63) is 28.0 Å². The van der Waals surface area contributed by atoms with Gasteiger partial charge in [0.1, 0.15) is 10.3 Å². The number of carbonyl (C=O) groups is 1. The summed E-state index contributed by atoms with van der Waals surface area (Å²) in [5.41, 5.74) is 0.432. The lowest BCUT2D eigenvalue weighted by Gasteiger charge is -2.27. The molecule has 2 bridgehead atoms. The Bertz CT molecular complexity index is 535. The monoisotopic (exact) mass is 312 g/mol. The van der Waals surface area contributed by atoms with E-state index in [4.69, 9.17) is 23.2 Å². The van der Waals surface area contributed by atoms with E-state index >= 15 is 0 Å². The van der Waals surface area contributed by atoms with Crippen LogP contribution in [0.5, 0.6) is 0 Å². The van der Waals surface area contributed by atoms with E-state index in [1.165, 1.54) is 25.7 Å². The molecule has 3 rings (SSSR count). The van der Waals surface area contributed by atoms with E-state index in [1.807, 2.05) is 7.05 Å². The van der Waals surface area contributed by atoms with Crippen molar-refractivity contribution < 1.29 is 4.79 Å². The Kier molecular flexibility index (Phi) is 3.91. The van der Waals surface area contributed by atoms with Gasteiger partial charge < -0.3 is 4.90 Å². The van der Waals surface area contributed by atoms with Crippen molar-refractivity contribution >= 4 is 29.1 Å². The summed E-state index contributed by atoms with van der Waals surface area (Å²) in [6.45, 7) is 0.818. The highest BCUT2D eigenvalue weighted by Gasteiger charge is 2.40. The smallest absolute Gasteiger partial charge is 0.256 e. The summed E-state index contributed by atoms with van der Waals surface area (Å²) in [4.78, 5) is 18.1. The predicted octanol–water partition coefficient (Wildman–Crippen LogP) is 3.90. The fourth-order valence-corrected chi connectivity index (χ4v) is 4.24. The lowest BCUT2D eigenvalue weighted by molar-refractivity contribution is 0.0754. The van der Waals surface area contributed by atoms with Crippen LogP contribution in [0.3, 0.4) is 0 Å². The molecule has 0 N–H and O–H groups in total. The number of hydrogen-bond acceptors (Lipinski definition) is 2. The van der Waals surface area contributed by atoms with Crippen LogP contribution in [0.2, 0.25) is 10.3 Å². The number of fused-ring (bicyclic) bond motifs is 2. The molecule has 108 valence electrons. The third-order valence-corrected chi connectivity index (χ3v) is 5.28. The normalized spacial score (nSPS) is 27.9. The summed E-state index contributed by atoms with van der Waals surface area (Å²) in [5, 5.41) is 0.490. The van der Waals surface area contributed by atoms with Crippen LogP contribution in [0.15, 0.2) is 12.1 Å². The lowest BCUT2D eigenvalue weighted by Crippen LogP contribution is -2.34. The summed E-state index contributed by atoms with van der Waals surface area (Å²) < 4.78 is 0. The number of hydrogen-bond donors (Lipinski definition) is 0. The molecule has 3 nitrogen and oxygen atoms in total. The summed E-state index contributed by atoms with van der Waals surface area (Å²) in [6.07, 6.45) is 5.34. The molecule has 20 heavy (non-hydrogen) atoms. The van der Waals surface area contributed by atoms with E-state index in [0.717, 1.165) is 18.4 Å². The molecule has 1 aromatic rings. The largest absolute Gasteiger partial charge is 0.341 e. The van der Waals surface area contributed by atoms with E-state index in [-0.39, 0.29) is 11.1 Å². The molecule has 2 fully saturated rings. The number of pyridine rings is 1. The SMILES string of the molecule is CN(CC1CC2CCC1C2)C(=O)c1ccc(Cl)nc1Cl. The van der Waals surface area contributed by atoms with Crippen LogP contribution in [0.4, 0.5) is 0 Å². The maximum absolute atomic E-state index is 12.4. The minimum absolute atomic E-state index is 0.0676. The molecule has 3 atom stereocenters. The topological polar surface area (TPSA) is 33.2 Å². The Balaban J connectivity index is 1.67. The fraction of sp³-hybridized carbons (Fsp3) is 0.600.